The Labute approximate surface area is 162 Å². The van der Waals surface area contributed by atoms with E-state index in [0.717, 1.165) is 24.0 Å². The van der Waals surface area contributed by atoms with Crippen LogP contribution in [-0.2, 0) is 26.8 Å². The molecule has 0 fully saturated rings. The van der Waals surface area contributed by atoms with Crippen molar-refractivity contribution >= 4 is 17.2 Å². The van der Waals surface area contributed by atoms with Crippen LogP contribution in [0.25, 0.3) is 23.0 Å². The average molecular weight is 501 g/mol. The maximum atomic E-state index is 10.4. The molecule has 3 heteroatoms. The molecule has 2 N–H and O–H groups in total. The monoisotopic (exact) mass is 501 g/mol. The summed E-state index contributed by atoms with van der Waals surface area (Å²) in [5, 5.41) is 10.4. The molecule has 25 heavy (non-hydrogen) atoms. The van der Waals surface area contributed by atoms with Crippen molar-refractivity contribution in [2.24, 2.45) is 0 Å². The Bertz CT molecular complexity index is 879. The predicted molar refractivity (Wildman–Crippen MR) is 100 cm³/mol. The number of benzene rings is 2. The van der Waals surface area contributed by atoms with Crippen LogP contribution < -0.4 is 0 Å². The number of nitrogens with one attached hydrogen (secondary N) is 1. The molecule has 2 aliphatic carbocycles. The minimum absolute atomic E-state index is 0. The Morgan fingerprint density at radius 3 is 2.68 bits per heavy atom. The van der Waals surface area contributed by atoms with E-state index in [4.69, 9.17) is 5.73 Å². The van der Waals surface area contributed by atoms with Crippen molar-refractivity contribution in [2.75, 3.05) is 6.54 Å². The number of rotatable bonds is 3. The van der Waals surface area contributed by atoms with E-state index in [1.54, 1.807) is 0 Å². The number of aliphatic hydroxyl groups excluding tert-OH is 1. The van der Waals surface area contributed by atoms with Gasteiger partial charge in [-0.15, -0.1) is 6.54 Å². The molecule has 0 saturated carbocycles. The van der Waals surface area contributed by atoms with Gasteiger partial charge < -0.3 is 10.8 Å². The zero-order chi connectivity index (χ0) is 16.5. The van der Waals surface area contributed by atoms with Crippen molar-refractivity contribution in [1.29, 1.82) is 0 Å². The first-order valence-electron chi connectivity index (χ1n) is 8.41. The van der Waals surface area contributed by atoms with Gasteiger partial charge in [0.2, 0.25) is 0 Å². The van der Waals surface area contributed by atoms with Crippen molar-refractivity contribution in [3.63, 3.8) is 0 Å². The zero-order valence-corrected chi connectivity index (χ0v) is 16.6. The summed E-state index contributed by atoms with van der Waals surface area (Å²) in [5.41, 5.74) is 15.7. The van der Waals surface area contributed by atoms with Gasteiger partial charge in [0, 0.05) is 20.4 Å². The first-order valence-corrected chi connectivity index (χ1v) is 8.41. The van der Waals surface area contributed by atoms with Crippen molar-refractivity contribution in [1.82, 2.24) is 0 Å². The minimum Gasteiger partial charge on any atom is -0.677 e. The molecule has 0 heterocycles. The van der Waals surface area contributed by atoms with Gasteiger partial charge in [0.25, 0.3) is 0 Å². The molecular weight excluding hydrogens is 480 g/mol. The van der Waals surface area contributed by atoms with Gasteiger partial charge in [-0.05, 0) is 57.9 Å². The van der Waals surface area contributed by atoms with E-state index in [2.05, 4.69) is 54.6 Å². The maximum Gasteiger partial charge on any atom is 0.0980 e. The summed E-state index contributed by atoms with van der Waals surface area (Å²) < 4.78 is 0. The minimum atomic E-state index is -0.532. The van der Waals surface area contributed by atoms with Crippen LogP contribution in [0, 0.1) is 0 Å². The Kier molecular flexibility index (Phi) is 5.52. The topological polar surface area (TPSA) is 44.0 Å². The van der Waals surface area contributed by atoms with E-state index in [1.165, 1.54) is 27.8 Å². The fourth-order valence-corrected chi connectivity index (χ4v) is 3.70. The maximum absolute atomic E-state index is 10.4. The quantitative estimate of drug-likeness (QED) is 0.578. The zero-order valence-electron chi connectivity index (χ0n) is 13.9. The summed E-state index contributed by atoms with van der Waals surface area (Å²) in [5.74, 6) is 0. The van der Waals surface area contributed by atoms with E-state index in [0.29, 0.717) is 6.54 Å². The molecule has 2 aliphatic rings. The summed E-state index contributed by atoms with van der Waals surface area (Å²) >= 11 is 0. The number of aliphatic hydroxyl groups is 1. The number of hydrogen-bond acceptors (Lipinski definition) is 1. The van der Waals surface area contributed by atoms with Crippen LogP contribution in [0.2, 0.25) is 0 Å². The summed E-state index contributed by atoms with van der Waals surface area (Å²) in [6, 6.07) is 14.6. The molecule has 4 rings (SSSR count). The van der Waals surface area contributed by atoms with Gasteiger partial charge in [0.15, 0.2) is 0 Å². The van der Waals surface area contributed by atoms with Crippen LogP contribution in [0.5, 0.6) is 0 Å². The van der Waals surface area contributed by atoms with Crippen LogP contribution in [0.3, 0.4) is 0 Å². The van der Waals surface area contributed by atoms with E-state index in [-0.39, 0.29) is 20.4 Å². The molecule has 0 spiro atoms. The van der Waals surface area contributed by atoms with Gasteiger partial charge in [-0.25, -0.2) is 0 Å². The number of hydrogen-bond donors (Lipinski definition) is 1. The molecule has 1 unspecified atom stereocenters. The third-order valence-electron chi connectivity index (χ3n) is 4.80. The van der Waals surface area contributed by atoms with Gasteiger partial charge in [0.1, 0.15) is 0 Å². The summed E-state index contributed by atoms with van der Waals surface area (Å²) in [6.07, 6.45) is 9.39. The molecule has 1 atom stereocenters. The molecular formula is C22H20NORe-. The van der Waals surface area contributed by atoms with Crippen LogP contribution >= 0.6 is 0 Å². The summed E-state index contributed by atoms with van der Waals surface area (Å²) in [7, 11) is 0. The van der Waals surface area contributed by atoms with Crippen molar-refractivity contribution in [3.8, 4) is 0 Å². The largest absolute Gasteiger partial charge is 0.677 e. The fourth-order valence-electron chi connectivity index (χ4n) is 3.70. The van der Waals surface area contributed by atoms with Gasteiger partial charge >= 0.3 is 0 Å². The Balaban J connectivity index is 0.00000182. The Morgan fingerprint density at radius 2 is 1.88 bits per heavy atom. The van der Waals surface area contributed by atoms with Gasteiger partial charge in [0.05, 0.1) is 6.10 Å². The van der Waals surface area contributed by atoms with Crippen molar-refractivity contribution < 1.29 is 25.5 Å². The van der Waals surface area contributed by atoms with Crippen LogP contribution in [0.1, 0.15) is 40.3 Å². The molecule has 0 bridgehead atoms. The fraction of sp³-hybridized carbons (Fsp3) is 0.182. The molecule has 0 aliphatic heterocycles. The third kappa shape index (κ3) is 3.34. The van der Waals surface area contributed by atoms with Gasteiger partial charge in [-0.3, -0.25) is 0 Å². The van der Waals surface area contributed by atoms with E-state index < -0.39 is 6.10 Å². The second-order valence-corrected chi connectivity index (χ2v) is 6.31. The van der Waals surface area contributed by atoms with E-state index in [1.807, 2.05) is 12.2 Å². The standard InChI is InChI=1S/C22H20NO.Re/c23-12-11-16-13-18(20-9-2-1-8-19(16)20)14-17-7-3-5-15-6-4-10-21(24)22(15)17;/h1-5,7-10,13-14,21,23-24H,6,11-12H2;/q-1;/b18-14+;. The molecule has 0 aromatic heterocycles. The molecule has 0 saturated heterocycles. The Morgan fingerprint density at radius 1 is 1.08 bits per heavy atom. The summed E-state index contributed by atoms with van der Waals surface area (Å²) in [4.78, 5) is 0. The molecule has 1 radical (unpaired) electrons. The predicted octanol–water partition coefficient (Wildman–Crippen LogP) is 5.21. The Hall–Kier alpha value is -1.76. The van der Waals surface area contributed by atoms with Gasteiger partial charge in [-0.1, -0.05) is 60.7 Å². The summed E-state index contributed by atoms with van der Waals surface area (Å²) in [6.45, 7) is 0.400. The van der Waals surface area contributed by atoms with E-state index in [9.17, 15) is 5.11 Å². The van der Waals surface area contributed by atoms with Gasteiger partial charge in [-0.2, -0.15) is 0 Å². The second kappa shape index (κ2) is 7.64. The van der Waals surface area contributed by atoms with Crippen molar-refractivity contribution in [3.05, 3.63) is 94.2 Å². The van der Waals surface area contributed by atoms with Crippen LogP contribution in [0.15, 0.2) is 60.7 Å². The first-order chi connectivity index (χ1) is 11.8. The van der Waals surface area contributed by atoms with E-state index >= 15 is 0 Å². The average Bonchev–Trinajstić information content (AvgIpc) is 2.94. The second-order valence-electron chi connectivity index (χ2n) is 6.31. The molecule has 2 aromatic carbocycles. The first kappa shape index (κ1) is 18.0. The smallest absolute Gasteiger partial charge is 0.0980 e. The SMILES string of the molecule is [NH-]CCC1=C/C(=C\c2cccc3c2C(O)C=CC3)c2ccccc21.[Re]. The van der Waals surface area contributed by atoms with Crippen molar-refractivity contribution in [2.45, 2.75) is 18.9 Å². The molecule has 2 aromatic rings. The molecule has 2 nitrogen and oxygen atoms in total. The van der Waals surface area contributed by atoms with Crippen LogP contribution in [-0.4, -0.2) is 11.7 Å². The number of allylic oxidation sites excluding steroid dienone is 3. The normalized spacial score (nSPS) is 19.2. The molecule has 127 valence electrons. The van der Waals surface area contributed by atoms with Crippen LogP contribution in [0.4, 0.5) is 0 Å². The third-order valence-corrected chi connectivity index (χ3v) is 4.80. The number of fused-ring (bicyclic) bond motifs is 2. The molecule has 0 amide bonds.